The van der Waals surface area contributed by atoms with Crippen molar-refractivity contribution in [3.05, 3.63) is 34.9 Å². The molecule has 0 aliphatic heterocycles. The Bertz CT molecular complexity index is 399. The lowest BCUT2D eigenvalue weighted by atomic mass is 9.68. The van der Waals surface area contributed by atoms with Crippen LogP contribution in [-0.2, 0) is 6.42 Å². The van der Waals surface area contributed by atoms with Gasteiger partial charge in [-0.3, -0.25) is 0 Å². The van der Waals surface area contributed by atoms with Gasteiger partial charge in [-0.15, -0.1) is 0 Å². The van der Waals surface area contributed by atoms with Crippen LogP contribution in [0.5, 0.6) is 0 Å². The Labute approximate surface area is 112 Å². The molecule has 0 amide bonds. The van der Waals surface area contributed by atoms with Crippen LogP contribution in [-0.4, -0.2) is 6.04 Å². The van der Waals surface area contributed by atoms with Gasteiger partial charge in [-0.1, -0.05) is 43.2 Å². The highest BCUT2D eigenvalue weighted by Crippen LogP contribution is 2.39. The second-order valence-electron chi connectivity index (χ2n) is 7.03. The Morgan fingerprint density at radius 1 is 1.17 bits per heavy atom. The van der Waals surface area contributed by atoms with E-state index in [1.165, 1.54) is 36.0 Å². The fourth-order valence-corrected chi connectivity index (χ4v) is 3.47. The number of benzene rings is 1. The predicted octanol–water partition coefficient (Wildman–Crippen LogP) is 4.00. The van der Waals surface area contributed by atoms with E-state index < -0.39 is 0 Å². The minimum absolute atomic E-state index is 0.388. The van der Waals surface area contributed by atoms with E-state index in [1.54, 1.807) is 0 Å². The largest absolute Gasteiger partial charge is 0.327 e. The van der Waals surface area contributed by atoms with Crippen LogP contribution in [0, 0.1) is 25.2 Å². The summed E-state index contributed by atoms with van der Waals surface area (Å²) in [5.74, 6) is 0.648. The lowest BCUT2D eigenvalue weighted by Gasteiger charge is -2.39. The summed E-state index contributed by atoms with van der Waals surface area (Å²) in [6, 6.07) is 7.27. The van der Waals surface area contributed by atoms with E-state index in [0.717, 1.165) is 6.42 Å². The van der Waals surface area contributed by atoms with E-state index in [1.807, 2.05) is 0 Å². The second kappa shape index (κ2) is 5.05. The Kier molecular flexibility index (Phi) is 3.82. The third-order valence-corrected chi connectivity index (χ3v) is 4.35. The first kappa shape index (κ1) is 13.6. The van der Waals surface area contributed by atoms with Gasteiger partial charge in [0.25, 0.3) is 0 Å². The van der Waals surface area contributed by atoms with Gasteiger partial charge in [-0.05, 0) is 56.4 Å². The first-order chi connectivity index (χ1) is 8.35. The molecule has 0 aromatic heterocycles. The summed E-state index contributed by atoms with van der Waals surface area (Å²) in [4.78, 5) is 0. The lowest BCUT2D eigenvalue weighted by molar-refractivity contribution is 0.157. The van der Waals surface area contributed by atoms with Gasteiger partial charge in [0.1, 0.15) is 0 Å². The van der Waals surface area contributed by atoms with Gasteiger partial charge in [-0.25, -0.2) is 0 Å². The van der Waals surface area contributed by atoms with E-state index in [2.05, 4.69) is 45.9 Å². The number of hydrogen-bond donors (Lipinski definition) is 1. The third-order valence-electron chi connectivity index (χ3n) is 4.35. The highest BCUT2D eigenvalue weighted by molar-refractivity contribution is 5.29. The average Bonchev–Trinajstić information content (AvgIpc) is 2.22. The van der Waals surface area contributed by atoms with E-state index >= 15 is 0 Å². The Balaban J connectivity index is 2.12. The molecule has 0 radical (unpaired) electrons. The molecular formula is C17H27N. The molecule has 100 valence electrons. The molecule has 1 aliphatic carbocycles. The lowest BCUT2D eigenvalue weighted by Crippen LogP contribution is -2.40. The normalized spacial score (nSPS) is 27.2. The van der Waals surface area contributed by atoms with Gasteiger partial charge in [0.2, 0.25) is 0 Å². The van der Waals surface area contributed by atoms with Crippen molar-refractivity contribution in [1.29, 1.82) is 0 Å². The maximum absolute atomic E-state index is 6.32. The summed E-state index contributed by atoms with van der Waals surface area (Å²) >= 11 is 0. The molecule has 0 spiro atoms. The van der Waals surface area contributed by atoms with Crippen LogP contribution in [0.2, 0.25) is 0 Å². The molecule has 1 aromatic carbocycles. The minimum atomic E-state index is 0.388. The number of aryl methyl sites for hydroxylation is 2. The summed E-state index contributed by atoms with van der Waals surface area (Å²) in [5, 5.41) is 0. The monoisotopic (exact) mass is 245 g/mol. The summed E-state index contributed by atoms with van der Waals surface area (Å²) in [6.07, 6.45) is 4.87. The molecule has 1 aliphatic rings. The molecule has 1 aromatic rings. The number of rotatable bonds is 2. The van der Waals surface area contributed by atoms with Gasteiger partial charge in [0.15, 0.2) is 0 Å². The molecule has 18 heavy (non-hydrogen) atoms. The molecule has 2 rings (SSSR count). The van der Waals surface area contributed by atoms with Crippen LogP contribution in [0.3, 0.4) is 0 Å². The summed E-state index contributed by atoms with van der Waals surface area (Å²) in [6.45, 7) is 9.13. The van der Waals surface area contributed by atoms with Gasteiger partial charge < -0.3 is 5.73 Å². The van der Waals surface area contributed by atoms with E-state index in [-0.39, 0.29) is 0 Å². The number of hydrogen-bond acceptors (Lipinski definition) is 1. The maximum Gasteiger partial charge on any atom is 0.00707 e. The van der Waals surface area contributed by atoms with Crippen LogP contribution in [0.4, 0.5) is 0 Å². The van der Waals surface area contributed by atoms with Crippen LogP contribution < -0.4 is 5.73 Å². The van der Waals surface area contributed by atoms with Crippen molar-refractivity contribution < 1.29 is 0 Å². The molecule has 1 fully saturated rings. The zero-order valence-electron chi connectivity index (χ0n) is 12.3. The first-order valence-electron chi connectivity index (χ1n) is 7.18. The Morgan fingerprint density at radius 2 is 1.78 bits per heavy atom. The molecule has 1 nitrogen and oxygen atoms in total. The predicted molar refractivity (Wildman–Crippen MR) is 78.7 cm³/mol. The fourth-order valence-electron chi connectivity index (χ4n) is 3.47. The van der Waals surface area contributed by atoms with Crippen molar-refractivity contribution in [2.75, 3.05) is 0 Å². The van der Waals surface area contributed by atoms with Crippen LogP contribution in [0.1, 0.15) is 49.8 Å². The standard InChI is InChI=1S/C17H27N/c1-12-7-13(2)9-14(8-12)10-15-11-17(3,4)6-5-16(15)18/h7-9,15-16H,5-6,10-11,18H2,1-4H3. The first-order valence-corrected chi connectivity index (χ1v) is 7.18. The number of nitrogens with two attached hydrogens (primary N) is 1. The van der Waals surface area contributed by atoms with Gasteiger partial charge in [0.05, 0.1) is 0 Å². The average molecular weight is 245 g/mol. The van der Waals surface area contributed by atoms with Crippen molar-refractivity contribution in [1.82, 2.24) is 0 Å². The highest BCUT2D eigenvalue weighted by atomic mass is 14.7. The molecule has 0 saturated heterocycles. The van der Waals surface area contributed by atoms with Gasteiger partial charge >= 0.3 is 0 Å². The van der Waals surface area contributed by atoms with E-state index in [9.17, 15) is 0 Å². The molecule has 0 bridgehead atoms. The van der Waals surface area contributed by atoms with Crippen molar-refractivity contribution in [3.8, 4) is 0 Å². The third kappa shape index (κ3) is 3.35. The van der Waals surface area contributed by atoms with E-state index in [0.29, 0.717) is 17.4 Å². The molecule has 1 saturated carbocycles. The van der Waals surface area contributed by atoms with Crippen molar-refractivity contribution >= 4 is 0 Å². The molecule has 2 atom stereocenters. The summed E-state index contributed by atoms with van der Waals surface area (Å²) in [7, 11) is 0. The molecular weight excluding hydrogens is 218 g/mol. The fraction of sp³-hybridized carbons (Fsp3) is 0.647. The Hall–Kier alpha value is -0.820. The van der Waals surface area contributed by atoms with Gasteiger partial charge in [0, 0.05) is 6.04 Å². The van der Waals surface area contributed by atoms with E-state index in [4.69, 9.17) is 5.73 Å². The van der Waals surface area contributed by atoms with Crippen molar-refractivity contribution in [3.63, 3.8) is 0 Å². The molecule has 2 N–H and O–H groups in total. The minimum Gasteiger partial charge on any atom is -0.327 e. The summed E-state index contributed by atoms with van der Waals surface area (Å²) in [5.41, 5.74) is 11.0. The Morgan fingerprint density at radius 3 is 2.39 bits per heavy atom. The zero-order valence-corrected chi connectivity index (χ0v) is 12.3. The summed E-state index contributed by atoms with van der Waals surface area (Å²) < 4.78 is 0. The SMILES string of the molecule is Cc1cc(C)cc(CC2CC(C)(C)CCC2N)c1. The van der Waals surface area contributed by atoms with Gasteiger partial charge in [-0.2, -0.15) is 0 Å². The molecule has 2 unspecified atom stereocenters. The van der Waals surface area contributed by atoms with Crippen molar-refractivity contribution in [2.45, 2.75) is 59.4 Å². The van der Waals surface area contributed by atoms with Crippen LogP contribution >= 0.6 is 0 Å². The van der Waals surface area contributed by atoms with Crippen LogP contribution in [0.25, 0.3) is 0 Å². The maximum atomic E-state index is 6.32. The van der Waals surface area contributed by atoms with Crippen LogP contribution in [0.15, 0.2) is 18.2 Å². The topological polar surface area (TPSA) is 26.0 Å². The zero-order chi connectivity index (χ0) is 13.3. The quantitative estimate of drug-likeness (QED) is 0.837. The highest BCUT2D eigenvalue weighted by Gasteiger charge is 2.32. The smallest absolute Gasteiger partial charge is 0.00707 e. The molecule has 0 heterocycles. The van der Waals surface area contributed by atoms with Crippen molar-refractivity contribution in [2.24, 2.45) is 17.1 Å². The molecule has 1 heteroatoms. The second-order valence-corrected chi connectivity index (χ2v) is 7.03.